The minimum Gasteiger partial charge on any atom is -0.497 e. The Kier molecular flexibility index (Phi) is 8.23. The van der Waals surface area contributed by atoms with E-state index in [4.69, 9.17) is 4.74 Å². The largest absolute Gasteiger partial charge is 0.497 e. The molecule has 176 valence electrons. The van der Waals surface area contributed by atoms with Gasteiger partial charge in [-0.25, -0.2) is 0 Å². The summed E-state index contributed by atoms with van der Waals surface area (Å²) in [5.74, 6) is 0.289. The number of ether oxygens (including phenoxy) is 1. The van der Waals surface area contributed by atoms with Crippen molar-refractivity contribution in [3.63, 3.8) is 0 Å². The van der Waals surface area contributed by atoms with Crippen LogP contribution < -0.4 is 15.4 Å². The van der Waals surface area contributed by atoms with Crippen LogP contribution in [0.5, 0.6) is 5.75 Å². The van der Waals surface area contributed by atoms with E-state index in [1.807, 2.05) is 78.9 Å². The Labute approximate surface area is 217 Å². The lowest BCUT2D eigenvalue weighted by molar-refractivity contribution is -0.115. The Bertz CT molecular complexity index is 1300. The summed E-state index contributed by atoms with van der Waals surface area (Å²) < 4.78 is 6.14. The van der Waals surface area contributed by atoms with Gasteiger partial charge in [-0.15, -0.1) is 11.8 Å². The molecule has 1 atom stereocenters. The summed E-state index contributed by atoms with van der Waals surface area (Å²) in [7, 11) is 1.56. The third kappa shape index (κ3) is 6.74. The second-order valence-electron chi connectivity index (χ2n) is 7.62. The summed E-state index contributed by atoms with van der Waals surface area (Å²) in [5.41, 5.74) is 2.81. The number of benzene rings is 4. The molecule has 2 amide bonds. The number of carbonyl (C=O) groups is 2. The van der Waals surface area contributed by atoms with Crippen molar-refractivity contribution in [2.75, 3.05) is 17.7 Å². The van der Waals surface area contributed by atoms with Crippen LogP contribution in [0.25, 0.3) is 0 Å². The molecule has 0 heterocycles. The smallest absolute Gasteiger partial charge is 0.255 e. The zero-order chi connectivity index (χ0) is 24.6. The Morgan fingerprint density at radius 1 is 0.800 bits per heavy atom. The molecule has 35 heavy (non-hydrogen) atoms. The molecule has 0 radical (unpaired) electrons. The Morgan fingerprint density at radius 2 is 1.46 bits per heavy atom. The molecule has 0 aliphatic carbocycles. The first-order valence-corrected chi connectivity index (χ1v) is 12.5. The fourth-order valence-electron chi connectivity index (χ4n) is 3.36. The Morgan fingerprint density at radius 3 is 2.14 bits per heavy atom. The molecule has 0 saturated heterocycles. The van der Waals surface area contributed by atoms with E-state index in [0.717, 1.165) is 20.6 Å². The molecule has 1 unspecified atom stereocenters. The van der Waals surface area contributed by atoms with Gasteiger partial charge >= 0.3 is 0 Å². The van der Waals surface area contributed by atoms with Crippen LogP contribution >= 0.6 is 27.7 Å². The predicted molar refractivity (Wildman–Crippen MR) is 145 cm³/mol. The molecule has 4 aromatic rings. The maximum Gasteiger partial charge on any atom is 0.255 e. The lowest BCUT2D eigenvalue weighted by Gasteiger charge is -2.17. The highest BCUT2D eigenvalue weighted by Gasteiger charge is 2.22. The average molecular weight is 547 g/mol. The number of thioether (sulfide) groups is 1. The van der Waals surface area contributed by atoms with Crippen LogP contribution in [0.15, 0.2) is 112 Å². The van der Waals surface area contributed by atoms with E-state index >= 15 is 0 Å². The second-order valence-corrected chi connectivity index (χ2v) is 9.71. The SMILES string of the molecule is COc1cccc(C(=O)Nc2ccc(SC(C(=O)Nc3ccc(Br)cc3)c3ccccc3)cc2)c1. The van der Waals surface area contributed by atoms with Crippen LogP contribution in [0.4, 0.5) is 11.4 Å². The molecule has 0 aromatic heterocycles. The lowest BCUT2D eigenvalue weighted by Crippen LogP contribution is -2.19. The van der Waals surface area contributed by atoms with Crippen LogP contribution in [-0.2, 0) is 4.79 Å². The van der Waals surface area contributed by atoms with E-state index in [1.165, 1.54) is 11.8 Å². The highest BCUT2D eigenvalue weighted by molar-refractivity contribution is 9.10. The van der Waals surface area contributed by atoms with Crippen molar-refractivity contribution in [2.24, 2.45) is 0 Å². The fraction of sp³-hybridized carbons (Fsp3) is 0.0714. The standard InChI is InChI=1S/C28H23BrN2O3S/c1-34-24-9-5-8-20(18-24)27(32)30-23-14-16-25(17-15-23)35-26(19-6-3-2-4-7-19)28(33)31-22-12-10-21(29)11-13-22/h2-18,26H,1H3,(H,30,32)(H,31,33). The van der Waals surface area contributed by atoms with Gasteiger partial charge in [0.25, 0.3) is 5.91 Å². The second kappa shape index (κ2) is 11.7. The zero-order valence-electron chi connectivity index (χ0n) is 18.9. The van der Waals surface area contributed by atoms with Gasteiger partial charge < -0.3 is 15.4 Å². The molecule has 0 spiro atoms. The van der Waals surface area contributed by atoms with Crippen molar-refractivity contribution >= 4 is 50.9 Å². The summed E-state index contributed by atoms with van der Waals surface area (Å²) in [6.45, 7) is 0. The molecule has 0 aliphatic rings. The molecule has 0 fully saturated rings. The molecule has 4 rings (SSSR count). The van der Waals surface area contributed by atoms with Gasteiger partial charge in [0.1, 0.15) is 11.0 Å². The highest BCUT2D eigenvalue weighted by atomic mass is 79.9. The van der Waals surface area contributed by atoms with Crippen LogP contribution in [0.1, 0.15) is 21.2 Å². The van der Waals surface area contributed by atoms with E-state index in [2.05, 4.69) is 26.6 Å². The van der Waals surface area contributed by atoms with Crippen LogP contribution in [-0.4, -0.2) is 18.9 Å². The summed E-state index contributed by atoms with van der Waals surface area (Å²) in [4.78, 5) is 26.7. The molecule has 0 bridgehead atoms. The normalized spacial score (nSPS) is 11.4. The number of anilines is 2. The van der Waals surface area contributed by atoms with Gasteiger partial charge in [-0.3, -0.25) is 9.59 Å². The van der Waals surface area contributed by atoms with E-state index < -0.39 is 5.25 Å². The van der Waals surface area contributed by atoms with Crippen molar-refractivity contribution in [1.82, 2.24) is 0 Å². The number of methoxy groups -OCH3 is 1. The molecule has 0 aliphatic heterocycles. The third-order valence-corrected chi connectivity index (χ3v) is 6.95. The summed E-state index contributed by atoms with van der Waals surface area (Å²) in [6.07, 6.45) is 0. The molecular weight excluding hydrogens is 524 g/mol. The fourth-order valence-corrected chi connectivity index (χ4v) is 4.65. The quantitative estimate of drug-likeness (QED) is 0.229. The van der Waals surface area contributed by atoms with Gasteiger partial charge in [0, 0.05) is 26.3 Å². The molecule has 0 saturated carbocycles. The maximum absolute atomic E-state index is 13.2. The van der Waals surface area contributed by atoms with E-state index in [0.29, 0.717) is 17.0 Å². The van der Waals surface area contributed by atoms with Gasteiger partial charge in [-0.1, -0.05) is 52.3 Å². The summed E-state index contributed by atoms with van der Waals surface area (Å²) >= 11 is 4.86. The first-order valence-electron chi connectivity index (χ1n) is 10.9. The zero-order valence-corrected chi connectivity index (χ0v) is 21.3. The van der Waals surface area contributed by atoms with Crippen LogP contribution in [0.2, 0.25) is 0 Å². The van der Waals surface area contributed by atoms with Gasteiger partial charge in [0.2, 0.25) is 5.91 Å². The molecule has 4 aromatic carbocycles. The van der Waals surface area contributed by atoms with Gasteiger partial charge in [0.05, 0.1) is 7.11 Å². The number of hydrogen-bond donors (Lipinski definition) is 2. The number of nitrogens with one attached hydrogen (secondary N) is 2. The van der Waals surface area contributed by atoms with Crippen LogP contribution in [0, 0.1) is 0 Å². The molecule has 5 nitrogen and oxygen atoms in total. The Hall–Kier alpha value is -3.55. The molecule has 2 N–H and O–H groups in total. The topological polar surface area (TPSA) is 67.4 Å². The highest BCUT2D eigenvalue weighted by Crippen LogP contribution is 2.37. The first-order chi connectivity index (χ1) is 17.0. The van der Waals surface area contributed by atoms with E-state index in [9.17, 15) is 9.59 Å². The summed E-state index contributed by atoms with van der Waals surface area (Å²) in [6, 6.07) is 31.6. The van der Waals surface area contributed by atoms with Crippen molar-refractivity contribution < 1.29 is 14.3 Å². The van der Waals surface area contributed by atoms with Crippen molar-refractivity contribution in [3.8, 4) is 5.75 Å². The van der Waals surface area contributed by atoms with E-state index in [-0.39, 0.29) is 11.8 Å². The first kappa shape index (κ1) is 24.6. The van der Waals surface area contributed by atoms with Gasteiger partial charge in [-0.05, 0) is 72.3 Å². The predicted octanol–water partition coefficient (Wildman–Crippen LogP) is 7.18. The molecular formula is C28H23BrN2O3S. The number of carbonyl (C=O) groups excluding carboxylic acids is 2. The van der Waals surface area contributed by atoms with Gasteiger partial charge in [0.15, 0.2) is 0 Å². The number of halogens is 1. The average Bonchev–Trinajstić information content (AvgIpc) is 2.90. The molecule has 7 heteroatoms. The number of amides is 2. The summed E-state index contributed by atoms with van der Waals surface area (Å²) in [5, 5.41) is 5.45. The Balaban J connectivity index is 1.47. The minimum atomic E-state index is -0.447. The van der Waals surface area contributed by atoms with Crippen molar-refractivity contribution in [2.45, 2.75) is 10.1 Å². The maximum atomic E-state index is 13.2. The minimum absolute atomic E-state index is 0.112. The lowest BCUT2D eigenvalue weighted by atomic mass is 10.1. The van der Waals surface area contributed by atoms with E-state index in [1.54, 1.807) is 31.4 Å². The number of hydrogen-bond acceptors (Lipinski definition) is 4. The van der Waals surface area contributed by atoms with Crippen LogP contribution in [0.3, 0.4) is 0 Å². The van der Waals surface area contributed by atoms with Gasteiger partial charge in [-0.2, -0.15) is 0 Å². The van der Waals surface area contributed by atoms with Crippen molar-refractivity contribution in [1.29, 1.82) is 0 Å². The van der Waals surface area contributed by atoms with Crippen molar-refractivity contribution in [3.05, 3.63) is 119 Å². The monoisotopic (exact) mass is 546 g/mol. The number of rotatable bonds is 8. The third-order valence-electron chi connectivity index (χ3n) is 5.15.